The van der Waals surface area contributed by atoms with Gasteiger partial charge in [0.1, 0.15) is 11.3 Å². The van der Waals surface area contributed by atoms with Gasteiger partial charge in [0, 0.05) is 11.9 Å². The van der Waals surface area contributed by atoms with Crippen molar-refractivity contribution in [2.75, 3.05) is 19.5 Å². The first-order valence-electron chi connectivity index (χ1n) is 5.79. The van der Waals surface area contributed by atoms with Crippen molar-refractivity contribution in [1.29, 1.82) is 0 Å². The highest BCUT2D eigenvalue weighted by molar-refractivity contribution is 6.32. The molecular weight excluding hydrogens is 280 g/mol. The highest BCUT2D eigenvalue weighted by Crippen LogP contribution is 2.27. The van der Waals surface area contributed by atoms with Crippen LogP contribution in [0.1, 0.15) is 10.4 Å². The first-order valence-corrected chi connectivity index (χ1v) is 6.17. The fraction of sp³-hybridized carbons (Fsp3) is 0.143. The summed E-state index contributed by atoms with van der Waals surface area (Å²) >= 11 is 6.00. The number of nitrogens with one attached hydrogen (secondary N) is 1. The van der Waals surface area contributed by atoms with Crippen molar-refractivity contribution in [3.8, 4) is 11.6 Å². The van der Waals surface area contributed by atoms with Crippen molar-refractivity contribution >= 4 is 23.2 Å². The maximum atomic E-state index is 12.2. The van der Waals surface area contributed by atoms with Gasteiger partial charge >= 0.3 is 0 Å². The lowest BCUT2D eigenvalue weighted by Gasteiger charge is -2.09. The van der Waals surface area contributed by atoms with Gasteiger partial charge in [-0.05, 0) is 30.3 Å². The number of aromatic nitrogens is 1. The second-order valence-corrected chi connectivity index (χ2v) is 4.27. The average Bonchev–Trinajstić information content (AvgIpc) is 2.47. The lowest BCUT2D eigenvalue weighted by atomic mass is 10.2. The Morgan fingerprint density at radius 1 is 1.25 bits per heavy atom. The molecule has 0 saturated carbocycles. The van der Waals surface area contributed by atoms with E-state index in [1.807, 2.05) is 0 Å². The molecule has 5 nitrogen and oxygen atoms in total. The van der Waals surface area contributed by atoms with E-state index in [1.165, 1.54) is 14.2 Å². The standard InChI is InChI=1S/C14H13ClN2O3/c1-19-12-6-5-9(8-11(12)15)17-13(18)10-4-3-7-16-14(10)20-2/h3-8H,1-2H3,(H,17,18). The van der Waals surface area contributed by atoms with Crippen molar-refractivity contribution < 1.29 is 14.3 Å². The number of pyridine rings is 1. The number of anilines is 1. The number of halogens is 1. The van der Waals surface area contributed by atoms with Crippen LogP contribution in [0.3, 0.4) is 0 Å². The highest BCUT2D eigenvalue weighted by atomic mass is 35.5. The van der Waals surface area contributed by atoms with Crippen LogP contribution in [0.4, 0.5) is 5.69 Å². The van der Waals surface area contributed by atoms with E-state index >= 15 is 0 Å². The monoisotopic (exact) mass is 292 g/mol. The topological polar surface area (TPSA) is 60.5 Å². The van der Waals surface area contributed by atoms with Crippen molar-refractivity contribution in [3.05, 3.63) is 47.1 Å². The number of methoxy groups -OCH3 is 2. The number of amides is 1. The fourth-order valence-corrected chi connectivity index (χ4v) is 1.93. The van der Waals surface area contributed by atoms with E-state index < -0.39 is 0 Å². The molecule has 1 aromatic carbocycles. The zero-order chi connectivity index (χ0) is 14.5. The minimum Gasteiger partial charge on any atom is -0.495 e. The molecule has 1 amide bonds. The van der Waals surface area contributed by atoms with Crippen LogP contribution in [-0.2, 0) is 0 Å². The number of carbonyl (C=O) groups is 1. The maximum absolute atomic E-state index is 12.2. The van der Waals surface area contributed by atoms with Gasteiger partial charge in [-0.15, -0.1) is 0 Å². The number of benzene rings is 1. The SMILES string of the molecule is COc1ccc(NC(=O)c2cccnc2OC)cc1Cl. The van der Waals surface area contributed by atoms with Crippen LogP contribution in [0.5, 0.6) is 11.6 Å². The van der Waals surface area contributed by atoms with E-state index in [0.717, 1.165) is 0 Å². The van der Waals surface area contributed by atoms with Gasteiger partial charge in [-0.25, -0.2) is 4.98 Å². The normalized spacial score (nSPS) is 9.95. The van der Waals surface area contributed by atoms with Gasteiger partial charge < -0.3 is 14.8 Å². The fourth-order valence-electron chi connectivity index (χ4n) is 1.67. The molecule has 0 fully saturated rings. The molecule has 0 saturated heterocycles. The molecule has 0 spiro atoms. The largest absolute Gasteiger partial charge is 0.495 e. The lowest BCUT2D eigenvalue weighted by molar-refractivity contribution is 0.102. The van der Waals surface area contributed by atoms with Crippen LogP contribution >= 0.6 is 11.6 Å². The number of nitrogens with zero attached hydrogens (tertiary/aromatic N) is 1. The first kappa shape index (κ1) is 14.1. The van der Waals surface area contributed by atoms with Crippen LogP contribution in [0, 0.1) is 0 Å². The molecule has 1 N–H and O–H groups in total. The zero-order valence-corrected chi connectivity index (χ0v) is 11.8. The van der Waals surface area contributed by atoms with E-state index in [9.17, 15) is 4.79 Å². The Bertz CT molecular complexity index is 632. The molecule has 0 radical (unpaired) electrons. The number of rotatable bonds is 4. The van der Waals surface area contributed by atoms with Gasteiger partial charge in [-0.1, -0.05) is 11.6 Å². The van der Waals surface area contributed by atoms with Gasteiger partial charge in [-0.2, -0.15) is 0 Å². The zero-order valence-electron chi connectivity index (χ0n) is 11.0. The van der Waals surface area contributed by atoms with Crippen LogP contribution in [-0.4, -0.2) is 25.1 Å². The summed E-state index contributed by atoms with van der Waals surface area (Å²) in [6, 6.07) is 8.29. The van der Waals surface area contributed by atoms with E-state index in [2.05, 4.69) is 10.3 Å². The second-order valence-electron chi connectivity index (χ2n) is 3.86. The van der Waals surface area contributed by atoms with Gasteiger partial charge in [0.15, 0.2) is 0 Å². The van der Waals surface area contributed by atoms with E-state index in [1.54, 1.807) is 36.5 Å². The summed E-state index contributed by atoms with van der Waals surface area (Å²) in [7, 11) is 2.99. The Kier molecular flexibility index (Phi) is 4.42. The molecule has 0 aliphatic carbocycles. The van der Waals surface area contributed by atoms with Gasteiger partial charge in [0.05, 0.1) is 19.2 Å². The number of carbonyl (C=O) groups excluding carboxylic acids is 1. The average molecular weight is 293 g/mol. The van der Waals surface area contributed by atoms with Crippen molar-refractivity contribution in [3.63, 3.8) is 0 Å². The van der Waals surface area contributed by atoms with Crippen LogP contribution in [0.2, 0.25) is 5.02 Å². The number of hydrogen-bond donors (Lipinski definition) is 1. The number of ether oxygens (including phenoxy) is 2. The minimum absolute atomic E-state index is 0.268. The number of hydrogen-bond acceptors (Lipinski definition) is 4. The third-order valence-corrected chi connectivity index (χ3v) is 2.91. The van der Waals surface area contributed by atoms with Crippen LogP contribution in [0.25, 0.3) is 0 Å². The summed E-state index contributed by atoms with van der Waals surface area (Å²) < 4.78 is 10.1. The van der Waals surface area contributed by atoms with Crippen molar-refractivity contribution in [2.24, 2.45) is 0 Å². The molecule has 0 aliphatic heterocycles. The molecular formula is C14H13ClN2O3. The quantitative estimate of drug-likeness (QED) is 0.941. The molecule has 0 unspecified atom stereocenters. The second kappa shape index (κ2) is 6.25. The van der Waals surface area contributed by atoms with Crippen LogP contribution < -0.4 is 14.8 Å². The molecule has 1 aromatic heterocycles. The lowest BCUT2D eigenvalue weighted by Crippen LogP contribution is -2.13. The van der Waals surface area contributed by atoms with Gasteiger partial charge in [0.25, 0.3) is 5.91 Å². The summed E-state index contributed by atoms with van der Waals surface area (Å²) in [6.45, 7) is 0. The van der Waals surface area contributed by atoms with Crippen molar-refractivity contribution in [2.45, 2.75) is 0 Å². The van der Waals surface area contributed by atoms with Crippen molar-refractivity contribution in [1.82, 2.24) is 4.98 Å². The Hall–Kier alpha value is -2.27. The Morgan fingerprint density at radius 3 is 2.70 bits per heavy atom. The molecule has 104 valence electrons. The Morgan fingerprint density at radius 2 is 2.05 bits per heavy atom. The van der Waals surface area contributed by atoms with E-state index in [-0.39, 0.29) is 11.8 Å². The smallest absolute Gasteiger partial charge is 0.261 e. The predicted molar refractivity (Wildman–Crippen MR) is 76.7 cm³/mol. The first-order chi connectivity index (χ1) is 9.65. The summed E-state index contributed by atoms with van der Waals surface area (Å²) in [5.74, 6) is 0.490. The molecule has 2 rings (SSSR count). The summed E-state index contributed by atoms with van der Waals surface area (Å²) in [6.07, 6.45) is 1.56. The molecule has 0 bridgehead atoms. The summed E-state index contributed by atoms with van der Waals surface area (Å²) in [4.78, 5) is 16.1. The highest BCUT2D eigenvalue weighted by Gasteiger charge is 2.13. The summed E-state index contributed by atoms with van der Waals surface area (Å²) in [5.41, 5.74) is 0.911. The van der Waals surface area contributed by atoms with Gasteiger partial charge in [-0.3, -0.25) is 4.79 Å². The summed E-state index contributed by atoms with van der Waals surface area (Å²) in [5, 5.41) is 3.15. The molecule has 2 aromatic rings. The van der Waals surface area contributed by atoms with Gasteiger partial charge in [0.2, 0.25) is 5.88 Å². The molecule has 1 heterocycles. The maximum Gasteiger partial charge on any atom is 0.261 e. The third kappa shape index (κ3) is 3.00. The Labute approximate surface area is 121 Å². The third-order valence-electron chi connectivity index (χ3n) is 2.62. The minimum atomic E-state index is -0.323. The van der Waals surface area contributed by atoms with Crippen LogP contribution in [0.15, 0.2) is 36.5 Å². The molecule has 6 heteroatoms. The molecule has 0 aliphatic rings. The predicted octanol–water partition coefficient (Wildman–Crippen LogP) is 3.00. The van der Waals surface area contributed by atoms with E-state index in [4.69, 9.17) is 21.1 Å². The van der Waals surface area contributed by atoms with E-state index in [0.29, 0.717) is 22.0 Å². The molecule has 0 atom stereocenters. The Balaban J connectivity index is 2.21. The molecule has 20 heavy (non-hydrogen) atoms.